The maximum atomic E-state index is 13.3. The first-order valence-electron chi connectivity index (χ1n) is 8.42. The Labute approximate surface area is 151 Å². The van der Waals surface area contributed by atoms with Crippen molar-refractivity contribution in [3.63, 3.8) is 0 Å². The molecular weight excluding hydrogens is 366 g/mol. The van der Waals surface area contributed by atoms with Crippen LogP contribution >= 0.6 is 15.9 Å². The highest BCUT2D eigenvalue weighted by molar-refractivity contribution is 9.10. The second-order valence-corrected chi connectivity index (χ2v) is 9.55. The minimum Gasteiger partial charge on any atom is -0.274 e. The second kappa shape index (κ2) is 4.40. The van der Waals surface area contributed by atoms with Crippen LogP contribution in [-0.4, -0.2) is 16.1 Å². The van der Waals surface area contributed by atoms with Crippen molar-refractivity contribution < 1.29 is 9.59 Å². The van der Waals surface area contributed by atoms with E-state index in [-0.39, 0.29) is 38.8 Å². The fourth-order valence-electron chi connectivity index (χ4n) is 5.74. The number of alkyl halides is 1. The Morgan fingerprint density at radius 1 is 0.875 bits per heavy atom. The van der Waals surface area contributed by atoms with Crippen LogP contribution in [0.3, 0.4) is 0 Å². The number of hydrogen-bond acceptors (Lipinski definition) is 2. The highest BCUT2D eigenvalue weighted by Gasteiger charge is 2.81. The highest BCUT2D eigenvalue weighted by Crippen LogP contribution is 2.78. The number of nitrogens with zero attached hydrogens (tertiary/aromatic N) is 1. The molecule has 24 heavy (non-hydrogen) atoms. The van der Waals surface area contributed by atoms with E-state index in [1.54, 1.807) is 0 Å². The van der Waals surface area contributed by atoms with Crippen LogP contribution in [0.15, 0.2) is 41.5 Å². The zero-order valence-corrected chi connectivity index (χ0v) is 16.3. The van der Waals surface area contributed by atoms with Crippen molar-refractivity contribution in [2.45, 2.75) is 38.9 Å². The summed E-state index contributed by atoms with van der Waals surface area (Å²) in [6.07, 6.45) is 0. The number of carbonyl (C=O) groups is 2. The average molecular weight is 388 g/mol. The molecule has 2 fully saturated rings. The Balaban J connectivity index is 1.93. The molecule has 1 saturated carbocycles. The number of anilines is 1. The number of para-hydroxylation sites is 1. The van der Waals surface area contributed by atoms with Gasteiger partial charge in [0.2, 0.25) is 11.8 Å². The van der Waals surface area contributed by atoms with Crippen LogP contribution in [0.2, 0.25) is 0 Å². The van der Waals surface area contributed by atoms with E-state index < -0.39 is 0 Å². The van der Waals surface area contributed by atoms with E-state index in [0.717, 1.165) is 0 Å². The van der Waals surface area contributed by atoms with Gasteiger partial charge in [0.05, 0.1) is 17.5 Å². The van der Waals surface area contributed by atoms with E-state index in [0.29, 0.717) is 5.69 Å². The van der Waals surface area contributed by atoms with Crippen LogP contribution < -0.4 is 4.90 Å². The molecule has 1 aliphatic heterocycles. The van der Waals surface area contributed by atoms with Crippen LogP contribution in [0.5, 0.6) is 0 Å². The molecule has 1 aromatic rings. The van der Waals surface area contributed by atoms with Crippen LogP contribution in [0.1, 0.15) is 34.6 Å². The van der Waals surface area contributed by atoms with Gasteiger partial charge in [-0.2, -0.15) is 0 Å². The van der Waals surface area contributed by atoms with E-state index in [1.165, 1.54) is 16.0 Å². The fraction of sp³-hybridized carbons (Fsp3) is 0.500. The summed E-state index contributed by atoms with van der Waals surface area (Å²) in [5, 5.41) is 0. The Morgan fingerprint density at radius 2 is 1.29 bits per heavy atom. The van der Waals surface area contributed by atoms with E-state index in [1.807, 2.05) is 30.3 Å². The number of rotatable bonds is 1. The molecule has 5 atom stereocenters. The van der Waals surface area contributed by atoms with E-state index >= 15 is 0 Å². The van der Waals surface area contributed by atoms with Gasteiger partial charge in [-0.15, -0.1) is 0 Å². The van der Waals surface area contributed by atoms with E-state index in [9.17, 15) is 9.59 Å². The molecule has 2 bridgehead atoms. The fourth-order valence-corrected chi connectivity index (χ4v) is 6.83. The summed E-state index contributed by atoms with van der Waals surface area (Å²) in [5.74, 6) is -0.716. The highest BCUT2D eigenvalue weighted by atomic mass is 79.9. The first-order chi connectivity index (χ1) is 11.1. The summed E-state index contributed by atoms with van der Waals surface area (Å²) in [7, 11) is 0. The Hall–Kier alpha value is -1.42. The number of carbonyl (C=O) groups excluding carboxylic acids is 2. The van der Waals surface area contributed by atoms with E-state index in [2.05, 4.69) is 50.5 Å². The van der Waals surface area contributed by atoms with Gasteiger partial charge in [0.1, 0.15) is 0 Å². The lowest BCUT2D eigenvalue weighted by atomic mass is 9.66. The molecule has 0 aromatic heterocycles. The number of fused-ring (bicyclic) bond motifs is 5. The molecule has 4 heteroatoms. The van der Waals surface area contributed by atoms with Gasteiger partial charge in [-0.25, -0.2) is 4.90 Å². The van der Waals surface area contributed by atoms with Crippen LogP contribution in [0.25, 0.3) is 0 Å². The van der Waals surface area contributed by atoms with Gasteiger partial charge in [-0.05, 0) is 32.9 Å². The predicted octanol–water partition coefficient (Wildman–Crippen LogP) is 4.32. The number of allylic oxidation sites excluding steroid dienone is 2. The molecule has 2 aliphatic carbocycles. The van der Waals surface area contributed by atoms with Gasteiger partial charge in [0.25, 0.3) is 0 Å². The SMILES string of the molecule is CC1=C(C)[C@]2(C)[C@@H]3C(=O)N(c4ccccc4)C(=O)[C@@H]3[C@@]1(C)C2(C)Br. The average Bonchev–Trinajstić information content (AvgIpc) is 2.93. The van der Waals surface area contributed by atoms with Crippen molar-refractivity contribution >= 4 is 33.4 Å². The van der Waals surface area contributed by atoms with Crippen molar-refractivity contribution in [1.82, 2.24) is 0 Å². The van der Waals surface area contributed by atoms with Gasteiger partial charge < -0.3 is 0 Å². The summed E-state index contributed by atoms with van der Waals surface area (Å²) in [6.45, 7) is 10.7. The molecule has 1 heterocycles. The second-order valence-electron chi connectivity index (χ2n) is 7.96. The zero-order chi connectivity index (χ0) is 17.7. The van der Waals surface area contributed by atoms with Gasteiger partial charge in [-0.1, -0.05) is 59.1 Å². The van der Waals surface area contributed by atoms with Crippen LogP contribution in [0, 0.1) is 22.7 Å². The molecule has 1 saturated heterocycles. The van der Waals surface area contributed by atoms with Crippen molar-refractivity contribution in [1.29, 1.82) is 0 Å². The van der Waals surface area contributed by atoms with Crippen molar-refractivity contribution in [3.05, 3.63) is 41.5 Å². The minimum absolute atomic E-state index is 0.0556. The third kappa shape index (κ3) is 1.35. The Morgan fingerprint density at radius 3 is 1.71 bits per heavy atom. The molecule has 126 valence electrons. The van der Waals surface area contributed by atoms with Crippen LogP contribution in [0.4, 0.5) is 5.69 Å². The minimum atomic E-state index is -0.354. The number of hydrogen-bond donors (Lipinski definition) is 0. The van der Waals surface area contributed by atoms with Crippen LogP contribution in [-0.2, 0) is 9.59 Å². The Kier molecular flexibility index (Phi) is 2.95. The molecule has 3 nitrogen and oxygen atoms in total. The molecule has 3 aliphatic rings. The molecule has 0 N–H and O–H groups in total. The standard InChI is InChI=1S/C20H22BrNO2/c1-11-12(2)19(4)15-14(18(11,3)20(19,5)21)16(23)22(17(15)24)13-9-7-6-8-10-13/h6-10,14-15H,1-5H3/t14-,15+,18+,19-,20?. The smallest absolute Gasteiger partial charge is 0.238 e. The summed E-state index contributed by atoms with van der Waals surface area (Å²) in [5.41, 5.74) is 2.47. The molecule has 2 amide bonds. The lowest BCUT2D eigenvalue weighted by molar-refractivity contribution is -0.124. The van der Waals surface area contributed by atoms with Gasteiger partial charge in [0, 0.05) is 15.2 Å². The lowest BCUT2D eigenvalue weighted by Gasteiger charge is -2.41. The molecular formula is C20H22BrNO2. The quantitative estimate of drug-likeness (QED) is 0.408. The van der Waals surface area contributed by atoms with E-state index in [4.69, 9.17) is 0 Å². The maximum Gasteiger partial charge on any atom is 0.238 e. The summed E-state index contributed by atoms with van der Waals surface area (Å²) >= 11 is 3.95. The number of amides is 2. The normalized spacial score (nSPS) is 43.8. The third-order valence-electron chi connectivity index (χ3n) is 7.64. The summed E-state index contributed by atoms with van der Waals surface area (Å²) in [4.78, 5) is 28.1. The number of halogens is 1. The number of benzene rings is 1. The van der Waals surface area contributed by atoms with Crippen molar-refractivity contribution in [3.8, 4) is 0 Å². The molecule has 4 rings (SSSR count). The number of imide groups is 1. The summed E-state index contributed by atoms with van der Waals surface area (Å²) in [6, 6.07) is 9.30. The van der Waals surface area contributed by atoms with Gasteiger partial charge >= 0.3 is 0 Å². The first-order valence-corrected chi connectivity index (χ1v) is 9.21. The van der Waals surface area contributed by atoms with Gasteiger partial charge in [0.15, 0.2) is 0 Å². The van der Waals surface area contributed by atoms with Crippen molar-refractivity contribution in [2.75, 3.05) is 4.90 Å². The zero-order valence-electron chi connectivity index (χ0n) is 14.7. The topological polar surface area (TPSA) is 37.4 Å². The molecule has 1 aromatic carbocycles. The monoisotopic (exact) mass is 387 g/mol. The van der Waals surface area contributed by atoms with Crippen molar-refractivity contribution in [2.24, 2.45) is 22.7 Å². The predicted molar refractivity (Wildman–Crippen MR) is 97.8 cm³/mol. The molecule has 0 spiro atoms. The lowest BCUT2D eigenvalue weighted by Crippen LogP contribution is -2.47. The third-order valence-corrected chi connectivity index (χ3v) is 9.28. The Bertz CT molecular complexity index is 766. The maximum absolute atomic E-state index is 13.3. The largest absolute Gasteiger partial charge is 0.274 e. The van der Waals surface area contributed by atoms with Gasteiger partial charge in [-0.3, -0.25) is 9.59 Å². The summed E-state index contributed by atoms with van der Waals surface area (Å²) < 4.78 is -0.301. The first kappa shape index (κ1) is 16.1. The molecule has 1 unspecified atom stereocenters. The molecule has 0 radical (unpaired) electrons.